The average Bonchev–Trinajstić information content (AvgIpc) is 3.31. The SMILES string of the molecule is Cn1cc(C2CCCN2C(=O)c2csc(-c3ccco3)n2)cn1. The van der Waals surface area contributed by atoms with Crippen LogP contribution in [0.25, 0.3) is 10.8 Å². The fourth-order valence-electron chi connectivity index (χ4n) is 3.00. The predicted octanol–water partition coefficient (Wildman–Crippen LogP) is 3.11. The summed E-state index contributed by atoms with van der Waals surface area (Å²) in [5.41, 5.74) is 1.57. The van der Waals surface area contributed by atoms with Crippen LogP contribution in [0, 0.1) is 0 Å². The Balaban J connectivity index is 1.58. The molecular weight excluding hydrogens is 312 g/mol. The Morgan fingerprint density at radius 2 is 2.39 bits per heavy atom. The van der Waals surface area contributed by atoms with Gasteiger partial charge in [0.2, 0.25) is 0 Å². The predicted molar refractivity (Wildman–Crippen MR) is 86.0 cm³/mol. The van der Waals surface area contributed by atoms with E-state index < -0.39 is 0 Å². The van der Waals surface area contributed by atoms with Gasteiger partial charge in [0.05, 0.1) is 18.5 Å². The molecule has 0 aliphatic carbocycles. The normalized spacial score (nSPS) is 17.8. The van der Waals surface area contributed by atoms with E-state index >= 15 is 0 Å². The highest BCUT2D eigenvalue weighted by atomic mass is 32.1. The Labute approximate surface area is 137 Å². The molecule has 1 fully saturated rings. The number of aromatic nitrogens is 3. The van der Waals surface area contributed by atoms with Crippen LogP contribution in [0.15, 0.2) is 40.6 Å². The van der Waals surface area contributed by atoms with Gasteiger partial charge < -0.3 is 9.32 Å². The van der Waals surface area contributed by atoms with E-state index in [1.807, 2.05) is 36.5 Å². The molecule has 6 nitrogen and oxygen atoms in total. The standard InChI is InChI=1S/C16H16N4O2S/c1-19-9-11(8-17-19)13-4-2-6-20(13)16(21)12-10-23-15(18-12)14-5-3-7-22-14/h3,5,7-10,13H,2,4,6H2,1H3. The summed E-state index contributed by atoms with van der Waals surface area (Å²) in [6.45, 7) is 0.756. The zero-order valence-corrected chi connectivity index (χ0v) is 13.5. The molecule has 1 saturated heterocycles. The summed E-state index contributed by atoms with van der Waals surface area (Å²) in [5.74, 6) is 0.671. The first-order valence-electron chi connectivity index (χ1n) is 7.51. The molecule has 7 heteroatoms. The first kappa shape index (κ1) is 14.2. The summed E-state index contributed by atoms with van der Waals surface area (Å²) >= 11 is 1.43. The summed E-state index contributed by atoms with van der Waals surface area (Å²) in [6.07, 6.45) is 7.39. The number of aryl methyl sites for hydroxylation is 1. The second-order valence-corrected chi connectivity index (χ2v) is 6.48. The van der Waals surface area contributed by atoms with E-state index in [1.54, 1.807) is 16.3 Å². The van der Waals surface area contributed by atoms with Crippen LogP contribution >= 0.6 is 11.3 Å². The van der Waals surface area contributed by atoms with Crippen molar-refractivity contribution in [2.75, 3.05) is 6.54 Å². The lowest BCUT2D eigenvalue weighted by molar-refractivity contribution is 0.0730. The molecule has 4 rings (SSSR count). The molecule has 1 aliphatic rings. The van der Waals surface area contributed by atoms with E-state index in [0.717, 1.165) is 30.0 Å². The van der Waals surface area contributed by atoms with E-state index in [-0.39, 0.29) is 11.9 Å². The topological polar surface area (TPSA) is 64.2 Å². The fourth-order valence-corrected chi connectivity index (χ4v) is 3.76. The third-order valence-corrected chi connectivity index (χ3v) is 4.94. The van der Waals surface area contributed by atoms with Crippen molar-refractivity contribution >= 4 is 17.2 Å². The number of nitrogens with zero attached hydrogens (tertiary/aromatic N) is 4. The van der Waals surface area contributed by atoms with E-state index in [1.165, 1.54) is 11.3 Å². The van der Waals surface area contributed by atoms with Crippen LogP contribution in [0.5, 0.6) is 0 Å². The number of hydrogen-bond donors (Lipinski definition) is 0. The van der Waals surface area contributed by atoms with Gasteiger partial charge in [0.25, 0.3) is 5.91 Å². The van der Waals surface area contributed by atoms with Crippen molar-refractivity contribution in [3.8, 4) is 10.8 Å². The summed E-state index contributed by atoms with van der Waals surface area (Å²) < 4.78 is 7.12. The summed E-state index contributed by atoms with van der Waals surface area (Å²) in [6, 6.07) is 3.75. The Morgan fingerprint density at radius 3 is 3.13 bits per heavy atom. The maximum Gasteiger partial charge on any atom is 0.273 e. The Hall–Kier alpha value is -2.41. The van der Waals surface area contributed by atoms with Gasteiger partial charge in [-0.15, -0.1) is 11.3 Å². The molecule has 0 aromatic carbocycles. The molecule has 0 N–H and O–H groups in total. The number of thiazole rings is 1. The summed E-state index contributed by atoms with van der Waals surface area (Å²) in [5, 5.41) is 6.75. The third-order valence-electron chi connectivity index (χ3n) is 4.08. The van der Waals surface area contributed by atoms with Gasteiger partial charge in [-0.25, -0.2) is 4.98 Å². The Bertz CT molecular complexity index is 821. The summed E-state index contributed by atoms with van der Waals surface area (Å²) in [7, 11) is 1.89. The van der Waals surface area contributed by atoms with Gasteiger partial charge in [-0.1, -0.05) is 0 Å². The zero-order valence-electron chi connectivity index (χ0n) is 12.7. The number of carbonyl (C=O) groups is 1. The van der Waals surface area contributed by atoms with Gasteiger partial charge in [0.15, 0.2) is 10.8 Å². The van der Waals surface area contributed by atoms with E-state index in [2.05, 4.69) is 10.1 Å². The number of carbonyl (C=O) groups excluding carboxylic acids is 1. The molecule has 3 aromatic rings. The molecule has 1 amide bonds. The molecule has 118 valence electrons. The van der Waals surface area contributed by atoms with Crippen LogP contribution in [-0.4, -0.2) is 32.1 Å². The lowest BCUT2D eigenvalue weighted by Gasteiger charge is -2.22. The molecule has 0 spiro atoms. The van der Waals surface area contributed by atoms with Gasteiger partial charge in [-0.05, 0) is 25.0 Å². The Morgan fingerprint density at radius 1 is 1.48 bits per heavy atom. The number of likely N-dealkylation sites (tertiary alicyclic amines) is 1. The minimum atomic E-state index is -0.0228. The maximum atomic E-state index is 12.8. The first-order valence-corrected chi connectivity index (χ1v) is 8.39. The molecule has 0 bridgehead atoms. The van der Waals surface area contributed by atoms with Gasteiger partial charge >= 0.3 is 0 Å². The van der Waals surface area contributed by atoms with Gasteiger partial charge in [-0.2, -0.15) is 5.10 Å². The zero-order chi connectivity index (χ0) is 15.8. The van der Waals surface area contributed by atoms with Gasteiger partial charge in [0.1, 0.15) is 5.69 Å². The van der Waals surface area contributed by atoms with Crippen LogP contribution in [-0.2, 0) is 7.05 Å². The van der Waals surface area contributed by atoms with E-state index in [9.17, 15) is 4.79 Å². The average molecular weight is 328 g/mol. The molecular formula is C16H16N4O2S. The van der Waals surface area contributed by atoms with Gasteiger partial charge in [0, 0.05) is 30.7 Å². The molecule has 23 heavy (non-hydrogen) atoms. The molecule has 1 aliphatic heterocycles. The number of rotatable bonds is 3. The molecule has 4 heterocycles. The number of hydrogen-bond acceptors (Lipinski definition) is 5. The first-order chi connectivity index (χ1) is 11.2. The lowest BCUT2D eigenvalue weighted by Crippen LogP contribution is -2.30. The van der Waals surface area contributed by atoms with Crippen molar-refractivity contribution in [3.63, 3.8) is 0 Å². The highest BCUT2D eigenvalue weighted by Gasteiger charge is 2.32. The molecule has 0 saturated carbocycles. The lowest BCUT2D eigenvalue weighted by atomic mass is 10.1. The smallest absolute Gasteiger partial charge is 0.273 e. The highest BCUT2D eigenvalue weighted by molar-refractivity contribution is 7.13. The van der Waals surface area contributed by atoms with E-state index in [4.69, 9.17) is 4.42 Å². The molecule has 3 aromatic heterocycles. The van der Waals surface area contributed by atoms with Crippen LogP contribution in [0.4, 0.5) is 0 Å². The van der Waals surface area contributed by atoms with Crippen molar-refractivity contribution < 1.29 is 9.21 Å². The van der Waals surface area contributed by atoms with Gasteiger partial charge in [-0.3, -0.25) is 9.48 Å². The quantitative estimate of drug-likeness (QED) is 0.741. The maximum absolute atomic E-state index is 12.8. The number of amides is 1. The highest BCUT2D eigenvalue weighted by Crippen LogP contribution is 2.33. The fraction of sp³-hybridized carbons (Fsp3) is 0.312. The Kier molecular flexibility index (Phi) is 3.49. The van der Waals surface area contributed by atoms with Crippen molar-refractivity contribution in [2.45, 2.75) is 18.9 Å². The van der Waals surface area contributed by atoms with Crippen LogP contribution in [0.2, 0.25) is 0 Å². The third kappa shape index (κ3) is 2.57. The number of furan rings is 1. The van der Waals surface area contributed by atoms with Crippen LogP contribution < -0.4 is 0 Å². The van der Waals surface area contributed by atoms with Crippen molar-refractivity contribution in [1.29, 1.82) is 0 Å². The van der Waals surface area contributed by atoms with E-state index in [0.29, 0.717) is 11.5 Å². The largest absolute Gasteiger partial charge is 0.462 e. The molecule has 0 radical (unpaired) electrons. The monoisotopic (exact) mass is 328 g/mol. The van der Waals surface area contributed by atoms with Crippen LogP contribution in [0.1, 0.15) is 34.9 Å². The molecule has 1 atom stereocenters. The van der Waals surface area contributed by atoms with Crippen molar-refractivity contribution in [3.05, 3.63) is 47.4 Å². The second-order valence-electron chi connectivity index (χ2n) is 5.62. The van der Waals surface area contributed by atoms with Crippen molar-refractivity contribution in [1.82, 2.24) is 19.7 Å². The summed E-state index contributed by atoms with van der Waals surface area (Å²) in [4.78, 5) is 19.2. The minimum absolute atomic E-state index is 0.0228. The minimum Gasteiger partial charge on any atom is -0.462 e. The second kappa shape index (κ2) is 5.66. The van der Waals surface area contributed by atoms with Crippen molar-refractivity contribution in [2.24, 2.45) is 7.05 Å². The molecule has 1 unspecified atom stereocenters. The van der Waals surface area contributed by atoms with Crippen LogP contribution in [0.3, 0.4) is 0 Å².